The number of hydrogen-bond acceptors (Lipinski definition) is 5. The number of thiophene rings is 1. The molecule has 2 aromatic rings. The number of fused-ring (bicyclic) bond motifs is 1. The highest BCUT2D eigenvalue weighted by Crippen LogP contribution is 2.32. The molecule has 0 fully saturated rings. The van der Waals surface area contributed by atoms with Crippen LogP contribution in [0.2, 0.25) is 0 Å². The molecule has 144 valence electrons. The second kappa shape index (κ2) is 8.43. The minimum atomic E-state index is -0.300. The van der Waals surface area contributed by atoms with Gasteiger partial charge < -0.3 is 9.47 Å². The first kappa shape index (κ1) is 19.2. The third-order valence-corrected chi connectivity index (χ3v) is 5.92. The fourth-order valence-electron chi connectivity index (χ4n) is 3.23. The number of nitrogens with one attached hydrogen (secondary N) is 2. The van der Waals surface area contributed by atoms with Crippen LogP contribution in [0.15, 0.2) is 24.3 Å². The molecular formula is C20H24N2O4S. The van der Waals surface area contributed by atoms with E-state index < -0.39 is 0 Å². The van der Waals surface area contributed by atoms with E-state index in [1.807, 2.05) is 6.07 Å². The Hall–Kier alpha value is -2.54. The molecule has 6 nitrogen and oxygen atoms in total. The van der Waals surface area contributed by atoms with E-state index in [0.717, 1.165) is 24.8 Å². The Morgan fingerprint density at radius 2 is 1.93 bits per heavy atom. The van der Waals surface area contributed by atoms with E-state index in [1.165, 1.54) is 21.8 Å². The van der Waals surface area contributed by atoms with Gasteiger partial charge in [0.15, 0.2) is 11.5 Å². The number of carbonyl (C=O) groups is 2. The fraction of sp³-hybridized carbons (Fsp3) is 0.400. The van der Waals surface area contributed by atoms with Gasteiger partial charge in [-0.3, -0.25) is 20.4 Å². The maximum absolute atomic E-state index is 12.3. The van der Waals surface area contributed by atoms with Gasteiger partial charge in [-0.1, -0.05) is 13.0 Å². The van der Waals surface area contributed by atoms with Crippen LogP contribution in [-0.4, -0.2) is 26.0 Å². The van der Waals surface area contributed by atoms with Crippen LogP contribution in [0.1, 0.15) is 39.0 Å². The third kappa shape index (κ3) is 4.60. The van der Waals surface area contributed by atoms with Crippen molar-refractivity contribution in [3.63, 3.8) is 0 Å². The molecule has 0 saturated heterocycles. The van der Waals surface area contributed by atoms with E-state index in [-0.39, 0.29) is 18.2 Å². The Morgan fingerprint density at radius 1 is 1.15 bits per heavy atom. The Balaban J connectivity index is 1.55. The number of aryl methyl sites for hydroxylation is 1. The maximum atomic E-state index is 12.3. The number of ether oxygens (including phenoxy) is 2. The van der Waals surface area contributed by atoms with Gasteiger partial charge >= 0.3 is 0 Å². The van der Waals surface area contributed by atoms with Gasteiger partial charge in [0.25, 0.3) is 5.91 Å². The molecule has 0 saturated carbocycles. The Kier molecular flexibility index (Phi) is 6.01. The summed E-state index contributed by atoms with van der Waals surface area (Å²) in [6.07, 6.45) is 3.33. The predicted molar refractivity (Wildman–Crippen MR) is 104 cm³/mol. The number of hydrogen-bond donors (Lipinski definition) is 2. The summed E-state index contributed by atoms with van der Waals surface area (Å²) in [6.45, 7) is 2.23. The van der Waals surface area contributed by atoms with E-state index in [2.05, 4.69) is 17.8 Å². The zero-order valence-corrected chi connectivity index (χ0v) is 16.6. The number of amides is 2. The van der Waals surface area contributed by atoms with Crippen molar-refractivity contribution in [3.8, 4) is 11.5 Å². The fourth-order valence-corrected chi connectivity index (χ4v) is 4.33. The van der Waals surface area contributed by atoms with Crippen LogP contribution < -0.4 is 20.3 Å². The second-order valence-corrected chi connectivity index (χ2v) is 7.91. The molecular weight excluding hydrogens is 364 g/mol. The van der Waals surface area contributed by atoms with Gasteiger partial charge in [-0.2, -0.15) is 0 Å². The molecule has 1 atom stereocenters. The van der Waals surface area contributed by atoms with Crippen molar-refractivity contribution in [2.75, 3.05) is 14.2 Å². The van der Waals surface area contributed by atoms with Crippen LogP contribution in [0.3, 0.4) is 0 Å². The van der Waals surface area contributed by atoms with Crippen molar-refractivity contribution in [2.24, 2.45) is 5.92 Å². The highest BCUT2D eigenvalue weighted by atomic mass is 32.1. The van der Waals surface area contributed by atoms with Gasteiger partial charge in [-0.05, 0) is 54.5 Å². The quantitative estimate of drug-likeness (QED) is 0.772. The van der Waals surface area contributed by atoms with Gasteiger partial charge in [-0.15, -0.1) is 11.3 Å². The van der Waals surface area contributed by atoms with Crippen LogP contribution >= 0.6 is 11.3 Å². The van der Waals surface area contributed by atoms with E-state index >= 15 is 0 Å². The Morgan fingerprint density at radius 3 is 2.67 bits per heavy atom. The van der Waals surface area contributed by atoms with Crippen molar-refractivity contribution >= 4 is 23.2 Å². The SMILES string of the molecule is COc1ccc(CC(=O)NNC(=O)c2cc3c(s2)CC[C@H](C)C3)cc1OC. The van der Waals surface area contributed by atoms with E-state index in [4.69, 9.17) is 9.47 Å². The third-order valence-electron chi connectivity index (χ3n) is 4.68. The Labute approximate surface area is 162 Å². The molecule has 1 aliphatic rings. The van der Waals surface area contributed by atoms with Crippen LogP contribution in [-0.2, 0) is 24.1 Å². The number of rotatable bonds is 5. The van der Waals surface area contributed by atoms with Crippen molar-refractivity contribution in [1.29, 1.82) is 0 Å². The van der Waals surface area contributed by atoms with Crippen LogP contribution in [0.25, 0.3) is 0 Å². The zero-order chi connectivity index (χ0) is 19.4. The number of hydrazine groups is 1. The summed E-state index contributed by atoms with van der Waals surface area (Å²) in [6, 6.07) is 7.23. The molecule has 0 bridgehead atoms. The molecule has 1 aromatic carbocycles. The summed E-state index contributed by atoms with van der Waals surface area (Å²) in [5.41, 5.74) is 7.02. The van der Waals surface area contributed by atoms with Crippen LogP contribution in [0, 0.1) is 5.92 Å². The first-order valence-corrected chi connectivity index (χ1v) is 9.73. The molecule has 0 spiro atoms. The van der Waals surface area contributed by atoms with Gasteiger partial charge in [0.05, 0.1) is 25.5 Å². The molecule has 7 heteroatoms. The first-order chi connectivity index (χ1) is 13.0. The lowest BCUT2D eigenvalue weighted by Crippen LogP contribution is -2.42. The summed E-state index contributed by atoms with van der Waals surface area (Å²) < 4.78 is 10.4. The van der Waals surface area contributed by atoms with E-state index in [1.54, 1.807) is 32.4 Å². The standard InChI is InChI=1S/C20H24N2O4S/c1-12-4-7-17-14(8-12)11-18(27-17)20(24)22-21-19(23)10-13-5-6-15(25-2)16(9-13)26-3/h5-6,9,11-12H,4,7-8,10H2,1-3H3,(H,21,23)(H,22,24)/t12-/m0/s1. The molecule has 1 aliphatic carbocycles. The molecule has 1 aromatic heterocycles. The number of benzene rings is 1. The summed E-state index contributed by atoms with van der Waals surface area (Å²) in [7, 11) is 3.10. The minimum Gasteiger partial charge on any atom is -0.493 e. The van der Waals surface area contributed by atoms with Gasteiger partial charge in [0, 0.05) is 4.88 Å². The topological polar surface area (TPSA) is 76.7 Å². The maximum Gasteiger partial charge on any atom is 0.279 e. The number of carbonyl (C=O) groups excluding carboxylic acids is 2. The second-order valence-electron chi connectivity index (χ2n) is 6.78. The summed E-state index contributed by atoms with van der Waals surface area (Å²) >= 11 is 1.52. The first-order valence-electron chi connectivity index (χ1n) is 8.91. The van der Waals surface area contributed by atoms with Gasteiger partial charge in [0.2, 0.25) is 5.91 Å². The molecule has 0 radical (unpaired) electrons. The van der Waals surface area contributed by atoms with E-state index in [9.17, 15) is 9.59 Å². The average Bonchev–Trinajstić information content (AvgIpc) is 3.09. The van der Waals surface area contributed by atoms with Crippen molar-refractivity contribution < 1.29 is 19.1 Å². The Bertz CT molecular complexity index is 847. The molecule has 2 N–H and O–H groups in total. The average molecular weight is 388 g/mol. The lowest BCUT2D eigenvalue weighted by molar-refractivity contribution is -0.121. The smallest absolute Gasteiger partial charge is 0.279 e. The van der Waals surface area contributed by atoms with Gasteiger partial charge in [0.1, 0.15) is 0 Å². The molecule has 27 heavy (non-hydrogen) atoms. The normalized spacial score (nSPS) is 15.6. The van der Waals surface area contributed by atoms with E-state index in [0.29, 0.717) is 22.3 Å². The van der Waals surface area contributed by atoms with Crippen LogP contribution in [0.5, 0.6) is 11.5 Å². The number of methoxy groups -OCH3 is 2. The van der Waals surface area contributed by atoms with Gasteiger partial charge in [-0.25, -0.2) is 0 Å². The molecule has 0 aliphatic heterocycles. The molecule has 2 amide bonds. The van der Waals surface area contributed by atoms with Crippen molar-refractivity contribution in [3.05, 3.63) is 45.1 Å². The predicted octanol–water partition coefficient (Wildman–Crippen LogP) is 2.89. The van der Waals surface area contributed by atoms with Crippen molar-refractivity contribution in [1.82, 2.24) is 10.9 Å². The highest BCUT2D eigenvalue weighted by molar-refractivity contribution is 7.14. The minimum absolute atomic E-state index is 0.124. The lowest BCUT2D eigenvalue weighted by atomic mass is 9.90. The van der Waals surface area contributed by atoms with Crippen molar-refractivity contribution in [2.45, 2.75) is 32.6 Å². The molecule has 1 heterocycles. The molecule has 0 unspecified atom stereocenters. The van der Waals surface area contributed by atoms with Crippen LogP contribution in [0.4, 0.5) is 0 Å². The summed E-state index contributed by atoms with van der Waals surface area (Å²) in [4.78, 5) is 26.4. The monoisotopic (exact) mass is 388 g/mol. The zero-order valence-electron chi connectivity index (χ0n) is 15.8. The highest BCUT2D eigenvalue weighted by Gasteiger charge is 2.21. The summed E-state index contributed by atoms with van der Waals surface area (Å²) in [5, 5.41) is 0. The molecule has 3 rings (SSSR count). The summed E-state index contributed by atoms with van der Waals surface area (Å²) in [5.74, 6) is 1.24. The largest absolute Gasteiger partial charge is 0.493 e. The lowest BCUT2D eigenvalue weighted by Gasteiger charge is -2.16.